The Morgan fingerprint density at radius 1 is 1.60 bits per heavy atom. The topological polar surface area (TPSA) is 39.2 Å². The highest BCUT2D eigenvalue weighted by molar-refractivity contribution is 9.10. The van der Waals surface area contributed by atoms with Gasteiger partial charge in [0, 0.05) is 0 Å². The Balaban J connectivity index is 2.99. The number of carbonyl (C=O) groups excluding carboxylic acids is 1. The summed E-state index contributed by atoms with van der Waals surface area (Å²) >= 11 is 2.95. The smallest absolute Gasteiger partial charge is 0.384 e. The van der Waals surface area contributed by atoms with Crippen LogP contribution in [0, 0.1) is 0 Å². The van der Waals surface area contributed by atoms with E-state index in [0.29, 0.717) is 0 Å². The van der Waals surface area contributed by atoms with Crippen molar-refractivity contribution >= 4 is 21.9 Å². The van der Waals surface area contributed by atoms with Gasteiger partial charge in [-0.3, -0.25) is 0 Å². The Bertz CT molecular complexity index is 371. The van der Waals surface area contributed by atoms with Gasteiger partial charge in [0.2, 0.25) is 0 Å². The lowest BCUT2D eigenvalue weighted by Gasteiger charge is -2.13. The average Bonchev–Trinajstić information content (AvgIpc) is 2.18. The molecule has 0 saturated carbocycles. The highest BCUT2D eigenvalue weighted by Gasteiger charge is 2.44. The van der Waals surface area contributed by atoms with E-state index in [2.05, 4.69) is 25.7 Å². The summed E-state index contributed by atoms with van der Waals surface area (Å²) in [6, 6.07) is 3.94. The highest BCUT2D eigenvalue weighted by atomic mass is 79.9. The first-order valence-corrected chi connectivity index (χ1v) is 4.96. The number of ether oxygens (including phenoxy) is 1. The maximum absolute atomic E-state index is 13.4. The van der Waals surface area contributed by atoms with Crippen LogP contribution in [0.2, 0.25) is 0 Å². The van der Waals surface area contributed by atoms with E-state index in [1.165, 1.54) is 19.1 Å². The monoisotopic (exact) mass is 279 g/mol. The minimum Gasteiger partial charge on any atom is -0.461 e. The van der Waals surface area contributed by atoms with Crippen LogP contribution in [0.4, 0.5) is 8.78 Å². The van der Waals surface area contributed by atoms with Crippen molar-refractivity contribution in [2.45, 2.75) is 12.8 Å². The van der Waals surface area contributed by atoms with Crippen molar-refractivity contribution in [3.63, 3.8) is 0 Å². The maximum atomic E-state index is 13.4. The molecule has 1 heterocycles. The summed E-state index contributed by atoms with van der Waals surface area (Å²) in [6.07, 6.45) is 0. The van der Waals surface area contributed by atoms with Gasteiger partial charge in [0.1, 0.15) is 10.3 Å². The summed E-state index contributed by atoms with van der Waals surface area (Å²) in [5, 5.41) is 0. The van der Waals surface area contributed by atoms with Gasteiger partial charge in [0.15, 0.2) is 0 Å². The zero-order valence-electron chi connectivity index (χ0n) is 7.84. The van der Waals surface area contributed by atoms with E-state index in [1.807, 2.05) is 0 Å². The van der Waals surface area contributed by atoms with Gasteiger partial charge in [-0.25, -0.2) is 9.78 Å². The molecule has 82 valence electrons. The standard InChI is InChI=1S/C9H8BrF2NO2/c1-2-15-8(14)9(11,12)6-4-3-5-7(10)13-6/h3-5H,2H2,1H3. The van der Waals surface area contributed by atoms with Crippen molar-refractivity contribution in [3.05, 3.63) is 28.5 Å². The second kappa shape index (κ2) is 4.65. The first kappa shape index (κ1) is 12.0. The van der Waals surface area contributed by atoms with Crippen molar-refractivity contribution in [1.29, 1.82) is 0 Å². The molecular weight excluding hydrogens is 272 g/mol. The fourth-order valence-corrected chi connectivity index (χ4v) is 1.25. The molecule has 0 aliphatic rings. The van der Waals surface area contributed by atoms with Crippen LogP contribution in [-0.4, -0.2) is 17.6 Å². The fraction of sp³-hybridized carbons (Fsp3) is 0.333. The van der Waals surface area contributed by atoms with Crippen LogP contribution >= 0.6 is 15.9 Å². The number of pyridine rings is 1. The zero-order chi connectivity index (χ0) is 11.5. The Labute approximate surface area is 93.6 Å². The molecule has 6 heteroatoms. The van der Waals surface area contributed by atoms with Crippen molar-refractivity contribution in [3.8, 4) is 0 Å². The SMILES string of the molecule is CCOC(=O)C(F)(F)c1cccc(Br)n1. The van der Waals surface area contributed by atoms with Gasteiger partial charge in [0.05, 0.1) is 6.61 Å². The number of aromatic nitrogens is 1. The van der Waals surface area contributed by atoms with E-state index in [1.54, 1.807) is 0 Å². The van der Waals surface area contributed by atoms with Crippen molar-refractivity contribution < 1.29 is 18.3 Å². The molecule has 1 rings (SSSR count). The van der Waals surface area contributed by atoms with Gasteiger partial charge in [-0.1, -0.05) is 6.07 Å². The molecule has 0 amide bonds. The molecule has 1 aromatic rings. The Morgan fingerprint density at radius 3 is 2.80 bits per heavy atom. The minimum absolute atomic E-state index is 0.0948. The molecule has 0 bridgehead atoms. The van der Waals surface area contributed by atoms with E-state index in [4.69, 9.17) is 0 Å². The number of esters is 1. The maximum Gasteiger partial charge on any atom is 0.384 e. The molecule has 0 unspecified atom stereocenters. The van der Waals surface area contributed by atoms with E-state index in [0.717, 1.165) is 6.07 Å². The van der Waals surface area contributed by atoms with Crippen molar-refractivity contribution in [2.24, 2.45) is 0 Å². The second-order valence-electron chi connectivity index (χ2n) is 2.64. The summed E-state index contributed by atoms with van der Waals surface area (Å²) in [6.45, 7) is 1.37. The lowest BCUT2D eigenvalue weighted by molar-refractivity contribution is -0.173. The van der Waals surface area contributed by atoms with Crippen LogP contribution in [0.15, 0.2) is 22.8 Å². The van der Waals surface area contributed by atoms with E-state index in [-0.39, 0.29) is 11.2 Å². The summed E-state index contributed by atoms with van der Waals surface area (Å²) in [5.74, 6) is -5.30. The lowest BCUT2D eigenvalue weighted by atomic mass is 10.2. The third-order valence-electron chi connectivity index (χ3n) is 1.57. The molecular formula is C9H8BrF2NO2. The number of carbonyl (C=O) groups is 1. The largest absolute Gasteiger partial charge is 0.461 e. The minimum atomic E-state index is -3.71. The molecule has 15 heavy (non-hydrogen) atoms. The zero-order valence-corrected chi connectivity index (χ0v) is 9.42. The third-order valence-corrected chi connectivity index (χ3v) is 2.01. The van der Waals surface area contributed by atoms with Gasteiger partial charge in [0.25, 0.3) is 0 Å². The highest BCUT2D eigenvalue weighted by Crippen LogP contribution is 2.28. The number of rotatable bonds is 3. The van der Waals surface area contributed by atoms with E-state index >= 15 is 0 Å². The lowest BCUT2D eigenvalue weighted by Crippen LogP contribution is -2.29. The van der Waals surface area contributed by atoms with Crippen LogP contribution in [0.1, 0.15) is 12.6 Å². The molecule has 0 aliphatic carbocycles. The van der Waals surface area contributed by atoms with Gasteiger partial charge >= 0.3 is 11.9 Å². The summed E-state index contributed by atoms with van der Waals surface area (Å²) in [5.41, 5.74) is -0.629. The number of alkyl halides is 2. The number of hydrogen-bond donors (Lipinski definition) is 0. The van der Waals surface area contributed by atoms with Gasteiger partial charge in [-0.05, 0) is 35.0 Å². The number of nitrogens with zero attached hydrogens (tertiary/aromatic N) is 1. The predicted molar refractivity (Wildman–Crippen MR) is 52.5 cm³/mol. The number of halogens is 3. The first-order chi connectivity index (χ1) is 6.98. The Kier molecular flexibility index (Phi) is 3.73. The molecule has 0 atom stereocenters. The fourth-order valence-electron chi connectivity index (χ4n) is 0.909. The van der Waals surface area contributed by atoms with Crippen LogP contribution in [0.5, 0.6) is 0 Å². The second-order valence-corrected chi connectivity index (χ2v) is 3.45. The van der Waals surface area contributed by atoms with Crippen LogP contribution in [0.25, 0.3) is 0 Å². The average molecular weight is 280 g/mol. The molecule has 0 spiro atoms. The summed E-state index contributed by atoms with van der Waals surface area (Å²) < 4.78 is 31.2. The molecule has 0 aromatic carbocycles. The molecule has 0 N–H and O–H groups in total. The van der Waals surface area contributed by atoms with Crippen molar-refractivity contribution in [2.75, 3.05) is 6.61 Å². The number of hydrogen-bond acceptors (Lipinski definition) is 3. The Hall–Kier alpha value is -1.04. The third kappa shape index (κ3) is 2.71. The molecule has 3 nitrogen and oxygen atoms in total. The van der Waals surface area contributed by atoms with Gasteiger partial charge in [-0.15, -0.1) is 0 Å². The molecule has 0 radical (unpaired) electrons. The normalized spacial score (nSPS) is 11.2. The van der Waals surface area contributed by atoms with Crippen LogP contribution in [0.3, 0.4) is 0 Å². The molecule has 1 aromatic heterocycles. The Morgan fingerprint density at radius 2 is 2.27 bits per heavy atom. The van der Waals surface area contributed by atoms with Crippen LogP contribution < -0.4 is 0 Å². The van der Waals surface area contributed by atoms with Gasteiger partial charge in [-0.2, -0.15) is 8.78 Å². The molecule has 0 fully saturated rings. The molecule has 0 aliphatic heterocycles. The summed E-state index contributed by atoms with van der Waals surface area (Å²) in [4.78, 5) is 14.5. The van der Waals surface area contributed by atoms with Crippen LogP contribution in [-0.2, 0) is 15.5 Å². The quantitative estimate of drug-likeness (QED) is 0.630. The first-order valence-electron chi connectivity index (χ1n) is 4.16. The van der Waals surface area contributed by atoms with E-state index in [9.17, 15) is 13.6 Å². The molecule has 0 saturated heterocycles. The van der Waals surface area contributed by atoms with E-state index < -0.39 is 17.6 Å². The predicted octanol–water partition coefficient (Wildman–Crippen LogP) is 2.50. The van der Waals surface area contributed by atoms with Crippen molar-refractivity contribution in [1.82, 2.24) is 4.98 Å². The van der Waals surface area contributed by atoms with Gasteiger partial charge < -0.3 is 4.74 Å². The summed E-state index contributed by atoms with van der Waals surface area (Å²) in [7, 11) is 0.